The van der Waals surface area contributed by atoms with Crippen molar-refractivity contribution in [1.29, 1.82) is 0 Å². The minimum Gasteiger partial charge on any atom is -0.444 e. The molecule has 0 spiro atoms. The molecule has 0 atom stereocenters. The molecule has 0 aliphatic carbocycles. The van der Waals surface area contributed by atoms with Crippen LogP contribution in [0.3, 0.4) is 0 Å². The summed E-state index contributed by atoms with van der Waals surface area (Å²) in [5.41, 5.74) is -1.20. The lowest BCUT2D eigenvalue weighted by atomic mass is 9.84. The highest BCUT2D eigenvalue weighted by atomic mass is 79.9. The summed E-state index contributed by atoms with van der Waals surface area (Å²) in [6, 6.07) is 4.04. The Balaban J connectivity index is 2.27. The molecule has 156 valence electrons. The Bertz CT molecular complexity index is 750. The second-order valence-corrected chi connectivity index (χ2v) is 14.4. The predicted octanol–water partition coefficient (Wildman–Crippen LogP) is 5.39. The van der Waals surface area contributed by atoms with Gasteiger partial charge in [0.15, 0.2) is 14.1 Å². The van der Waals surface area contributed by atoms with Gasteiger partial charge in [-0.05, 0) is 74.5 Å². The smallest absolute Gasteiger partial charge is 0.410 e. The summed E-state index contributed by atoms with van der Waals surface area (Å²) in [4.78, 5) is 27.4. The molecule has 5 nitrogen and oxygen atoms in total. The fraction of sp³-hybridized carbons (Fsp3) is 0.600. The zero-order valence-corrected chi connectivity index (χ0v) is 20.0. The minimum atomic E-state index is -2.07. The molecular weight excluding hydrogens is 445 g/mol. The van der Waals surface area contributed by atoms with Crippen LogP contribution in [0.2, 0.25) is 19.6 Å². The molecule has 1 aromatic carbocycles. The maximum absolute atomic E-state index is 13.5. The summed E-state index contributed by atoms with van der Waals surface area (Å²) in [6.45, 7) is 12.3. The molecular formula is C20H29BrFNO4Si. The third kappa shape index (κ3) is 5.87. The molecule has 1 aliphatic rings. The molecule has 1 saturated heterocycles. The van der Waals surface area contributed by atoms with Crippen molar-refractivity contribution in [2.75, 3.05) is 13.1 Å². The standard InChI is InChI=1S/C20H29BrFNO4Si/c1-19(2,3)26-18(25)23-11-9-20(10-12-23,27-28(4,5)6)17(24)15-8-7-14(22)13-16(15)21/h7-8,13H,9-12H2,1-6H3. The first kappa shape index (κ1) is 23.0. The van der Waals surface area contributed by atoms with E-state index in [1.807, 2.05) is 40.4 Å². The van der Waals surface area contributed by atoms with Gasteiger partial charge in [0, 0.05) is 36.0 Å². The van der Waals surface area contributed by atoms with Crippen molar-refractivity contribution in [3.05, 3.63) is 34.1 Å². The van der Waals surface area contributed by atoms with Crippen LogP contribution in [0.15, 0.2) is 22.7 Å². The van der Waals surface area contributed by atoms with Crippen LogP contribution in [-0.2, 0) is 9.16 Å². The van der Waals surface area contributed by atoms with Crippen LogP contribution in [0.25, 0.3) is 0 Å². The Labute approximate surface area is 175 Å². The summed E-state index contributed by atoms with van der Waals surface area (Å²) in [6.07, 6.45) is 0.364. The number of hydrogen-bond donors (Lipinski definition) is 0. The molecule has 0 aromatic heterocycles. The minimum absolute atomic E-state index is 0.175. The highest BCUT2D eigenvalue weighted by Crippen LogP contribution is 2.35. The number of Topliss-reactive ketones (excluding diaryl/α,β-unsaturated/α-hetero) is 1. The van der Waals surface area contributed by atoms with E-state index in [1.165, 1.54) is 18.2 Å². The molecule has 1 fully saturated rings. The van der Waals surface area contributed by atoms with E-state index >= 15 is 0 Å². The van der Waals surface area contributed by atoms with Gasteiger partial charge in [0.1, 0.15) is 17.0 Å². The number of amides is 1. The van der Waals surface area contributed by atoms with E-state index in [-0.39, 0.29) is 11.9 Å². The molecule has 1 aliphatic heterocycles. The average molecular weight is 474 g/mol. The van der Waals surface area contributed by atoms with Crippen LogP contribution in [0.5, 0.6) is 0 Å². The number of halogens is 2. The van der Waals surface area contributed by atoms with Crippen molar-refractivity contribution >= 4 is 36.1 Å². The molecule has 0 unspecified atom stereocenters. The number of carbonyl (C=O) groups excluding carboxylic acids is 2. The lowest BCUT2D eigenvalue weighted by Gasteiger charge is -2.44. The van der Waals surface area contributed by atoms with Crippen molar-refractivity contribution in [3.63, 3.8) is 0 Å². The first-order valence-electron chi connectivity index (χ1n) is 9.40. The zero-order valence-electron chi connectivity index (χ0n) is 17.4. The van der Waals surface area contributed by atoms with E-state index in [4.69, 9.17) is 9.16 Å². The highest BCUT2D eigenvalue weighted by molar-refractivity contribution is 9.10. The number of carbonyl (C=O) groups is 2. The van der Waals surface area contributed by atoms with Crippen molar-refractivity contribution in [2.24, 2.45) is 0 Å². The summed E-state index contributed by atoms with van der Waals surface area (Å²) in [5, 5.41) is 0. The largest absolute Gasteiger partial charge is 0.444 e. The summed E-state index contributed by atoms with van der Waals surface area (Å²) in [5.74, 6) is -0.589. The van der Waals surface area contributed by atoms with Gasteiger partial charge in [-0.2, -0.15) is 0 Å². The number of ether oxygens (including phenoxy) is 1. The number of rotatable bonds is 4. The van der Waals surface area contributed by atoms with E-state index < -0.39 is 25.3 Å². The van der Waals surface area contributed by atoms with E-state index in [0.717, 1.165) is 0 Å². The van der Waals surface area contributed by atoms with E-state index in [2.05, 4.69) is 15.9 Å². The van der Waals surface area contributed by atoms with Gasteiger partial charge in [0.2, 0.25) is 0 Å². The van der Waals surface area contributed by atoms with Crippen LogP contribution in [0.4, 0.5) is 9.18 Å². The van der Waals surface area contributed by atoms with Crippen molar-refractivity contribution in [2.45, 2.75) is 64.5 Å². The molecule has 1 aromatic rings. The van der Waals surface area contributed by atoms with E-state index in [9.17, 15) is 14.0 Å². The van der Waals surface area contributed by atoms with Gasteiger partial charge >= 0.3 is 6.09 Å². The molecule has 0 radical (unpaired) electrons. The van der Waals surface area contributed by atoms with Gasteiger partial charge in [-0.25, -0.2) is 9.18 Å². The second kappa shape index (κ2) is 8.24. The van der Waals surface area contributed by atoms with E-state index in [1.54, 1.807) is 4.90 Å². The molecule has 0 N–H and O–H groups in total. The Hall–Kier alpha value is -1.25. The molecule has 2 rings (SSSR count). The summed E-state index contributed by atoms with van der Waals surface area (Å²) >= 11 is 3.30. The van der Waals surface area contributed by atoms with Crippen LogP contribution in [0.1, 0.15) is 44.0 Å². The number of piperidine rings is 1. The zero-order chi connectivity index (χ0) is 21.3. The maximum Gasteiger partial charge on any atom is 0.410 e. The Morgan fingerprint density at radius 3 is 2.21 bits per heavy atom. The van der Waals surface area contributed by atoms with E-state index in [0.29, 0.717) is 36.0 Å². The molecule has 8 heteroatoms. The summed E-state index contributed by atoms with van der Waals surface area (Å²) in [7, 11) is -2.07. The topological polar surface area (TPSA) is 55.8 Å². The maximum atomic E-state index is 13.5. The number of likely N-dealkylation sites (tertiary alicyclic amines) is 1. The molecule has 0 bridgehead atoms. The predicted molar refractivity (Wildman–Crippen MR) is 113 cm³/mol. The molecule has 1 amide bonds. The first-order valence-corrected chi connectivity index (χ1v) is 13.6. The lowest BCUT2D eigenvalue weighted by Crippen LogP contribution is -2.56. The van der Waals surface area contributed by atoms with Gasteiger partial charge in [0.05, 0.1) is 0 Å². The SMILES string of the molecule is CC(C)(C)OC(=O)N1CCC(O[Si](C)(C)C)(C(=O)c2ccc(F)cc2Br)CC1. The quantitative estimate of drug-likeness (QED) is 0.434. The fourth-order valence-corrected chi connectivity index (χ4v) is 5.26. The van der Waals surface area contributed by atoms with Crippen LogP contribution < -0.4 is 0 Å². The third-order valence-electron chi connectivity index (χ3n) is 4.31. The number of ketones is 1. The monoisotopic (exact) mass is 473 g/mol. The normalized spacial score (nSPS) is 17.4. The summed E-state index contributed by atoms with van der Waals surface area (Å²) < 4.78 is 25.7. The average Bonchev–Trinajstić information content (AvgIpc) is 2.51. The third-order valence-corrected chi connectivity index (χ3v) is 5.97. The Kier molecular flexibility index (Phi) is 6.78. The van der Waals surface area contributed by atoms with Crippen LogP contribution in [-0.4, -0.2) is 49.4 Å². The highest BCUT2D eigenvalue weighted by Gasteiger charge is 2.47. The van der Waals surface area contributed by atoms with Gasteiger partial charge in [0.25, 0.3) is 0 Å². The van der Waals surface area contributed by atoms with Crippen LogP contribution >= 0.6 is 15.9 Å². The van der Waals surface area contributed by atoms with Gasteiger partial charge in [-0.1, -0.05) is 0 Å². The van der Waals surface area contributed by atoms with Crippen molar-refractivity contribution in [3.8, 4) is 0 Å². The number of hydrogen-bond acceptors (Lipinski definition) is 4. The Morgan fingerprint density at radius 1 is 1.18 bits per heavy atom. The fourth-order valence-electron chi connectivity index (χ4n) is 3.26. The lowest BCUT2D eigenvalue weighted by molar-refractivity contribution is -0.0128. The van der Waals surface area contributed by atoms with Crippen molar-refractivity contribution < 1.29 is 23.1 Å². The second-order valence-electron chi connectivity index (χ2n) is 9.13. The number of nitrogens with zero attached hydrogens (tertiary/aromatic N) is 1. The van der Waals surface area contributed by atoms with Crippen molar-refractivity contribution in [1.82, 2.24) is 4.90 Å². The molecule has 28 heavy (non-hydrogen) atoms. The van der Waals surface area contributed by atoms with Gasteiger partial charge in [-0.15, -0.1) is 0 Å². The van der Waals surface area contributed by atoms with Gasteiger partial charge < -0.3 is 14.1 Å². The van der Waals surface area contributed by atoms with Crippen LogP contribution in [0, 0.1) is 5.82 Å². The Morgan fingerprint density at radius 2 is 1.75 bits per heavy atom. The molecule has 0 saturated carbocycles. The first-order chi connectivity index (χ1) is 12.7. The molecule has 1 heterocycles. The number of benzene rings is 1. The van der Waals surface area contributed by atoms with Gasteiger partial charge in [-0.3, -0.25) is 4.79 Å².